The molecule has 0 aliphatic rings. The maximum atomic E-state index is 11.4. The summed E-state index contributed by atoms with van der Waals surface area (Å²) in [5, 5.41) is 13.5. The third kappa shape index (κ3) is 4.04. The van der Waals surface area contributed by atoms with Crippen molar-refractivity contribution in [2.45, 2.75) is 19.9 Å². The molecule has 1 unspecified atom stereocenters. The number of aromatic carboxylic acids is 1. The highest BCUT2D eigenvalue weighted by molar-refractivity contribution is 5.96. The summed E-state index contributed by atoms with van der Waals surface area (Å²) in [5.41, 5.74) is 8.35. The lowest BCUT2D eigenvalue weighted by Crippen LogP contribution is -2.13. The highest BCUT2D eigenvalue weighted by Crippen LogP contribution is 2.38. The Morgan fingerprint density at radius 2 is 1.68 bits per heavy atom. The lowest BCUT2D eigenvalue weighted by molar-refractivity contribution is 0.0697. The minimum Gasteiger partial charge on any atom is -0.478 e. The molecule has 0 saturated carbocycles. The predicted molar refractivity (Wildman–Crippen MR) is 145 cm³/mol. The van der Waals surface area contributed by atoms with Gasteiger partial charge in [-0.05, 0) is 55.3 Å². The van der Waals surface area contributed by atoms with Gasteiger partial charge in [-0.15, -0.1) is 0 Å². The summed E-state index contributed by atoms with van der Waals surface area (Å²) in [6.07, 6.45) is 5.72. The van der Waals surface area contributed by atoms with E-state index in [1.54, 1.807) is 18.3 Å². The van der Waals surface area contributed by atoms with E-state index in [9.17, 15) is 9.90 Å². The van der Waals surface area contributed by atoms with Crippen molar-refractivity contribution < 1.29 is 14.4 Å². The Morgan fingerprint density at radius 1 is 0.921 bits per heavy atom. The van der Waals surface area contributed by atoms with Crippen LogP contribution in [0.2, 0.25) is 0 Å². The molecule has 6 aromatic rings. The molecule has 2 aromatic carbocycles. The molecule has 1 N–H and O–H groups in total. The Labute approximate surface area is 219 Å². The average molecular weight is 501 g/mol. The largest absolute Gasteiger partial charge is 0.478 e. The standard InChI is InChI=1S/C31H24N4O3/c1-19-28(20(2)38-34-19)24-16-27-29(33-17-24)25(21-11-13-23(14-12-21)31(36)37)18-35(27)30(22-8-4-3-5-9-22)26-10-6-7-15-32-26/h3-18,30H,1-2H3,(H,36,37). The molecular formula is C31H24N4O3. The van der Waals surface area contributed by atoms with Crippen LogP contribution < -0.4 is 0 Å². The number of carboxylic acid groups (broad SMARTS) is 1. The molecule has 6 rings (SSSR count). The summed E-state index contributed by atoms with van der Waals surface area (Å²) in [6, 6.07) is 24.9. The van der Waals surface area contributed by atoms with Gasteiger partial charge in [-0.1, -0.05) is 53.7 Å². The normalized spacial score (nSPS) is 12.1. The number of hydrogen-bond donors (Lipinski definition) is 1. The molecule has 0 aliphatic carbocycles. The zero-order valence-corrected chi connectivity index (χ0v) is 20.9. The number of aromatic nitrogens is 4. The maximum absolute atomic E-state index is 11.4. The van der Waals surface area contributed by atoms with E-state index >= 15 is 0 Å². The van der Waals surface area contributed by atoms with E-state index in [2.05, 4.69) is 34.1 Å². The smallest absolute Gasteiger partial charge is 0.335 e. The molecular weight excluding hydrogens is 476 g/mol. The fourth-order valence-corrected chi connectivity index (χ4v) is 5.02. The molecule has 186 valence electrons. The Hall–Kier alpha value is -5.04. The van der Waals surface area contributed by atoms with Crippen molar-refractivity contribution in [2.24, 2.45) is 0 Å². The van der Waals surface area contributed by atoms with Gasteiger partial charge in [0.2, 0.25) is 0 Å². The van der Waals surface area contributed by atoms with Crippen LogP contribution in [0.4, 0.5) is 0 Å². The first-order valence-corrected chi connectivity index (χ1v) is 12.2. The van der Waals surface area contributed by atoms with Gasteiger partial charge >= 0.3 is 5.97 Å². The van der Waals surface area contributed by atoms with Crippen LogP contribution in [-0.4, -0.2) is 30.8 Å². The summed E-state index contributed by atoms with van der Waals surface area (Å²) < 4.78 is 7.64. The van der Waals surface area contributed by atoms with Crippen LogP contribution in [0.3, 0.4) is 0 Å². The van der Waals surface area contributed by atoms with Gasteiger partial charge in [0.1, 0.15) is 11.8 Å². The minimum absolute atomic E-state index is 0.214. The first-order valence-electron chi connectivity index (χ1n) is 12.2. The van der Waals surface area contributed by atoms with Crippen LogP contribution in [0.1, 0.15) is 39.1 Å². The van der Waals surface area contributed by atoms with Gasteiger partial charge < -0.3 is 14.2 Å². The number of nitrogens with zero attached hydrogens (tertiary/aromatic N) is 4. The number of benzene rings is 2. The SMILES string of the molecule is Cc1noc(C)c1-c1cnc2c(-c3ccc(C(=O)O)cc3)cn(C(c3ccccc3)c3ccccn3)c2c1. The summed E-state index contributed by atoms with van der Waals surface area (Å²) in [6.45, 7) is 3.82. The third-order valence-electron chi connectivity index (χ3n) is 6.80. The van der Waals surface area contributed by atoms with Gasteiger partial charge in [-0.3, -0.25) is 9.97 Å². The van der Waals surface area contributed by atoms with E-state index in [4.69, 9.17) is 14.5 Å². The molecule has 7 nitrogen and oxygen atoms in total. The predicted octanol–water partition coefficient (Wildman–Crippen LogP) is 6.71. The van der Waals surface area contributed by atoms with Crippen LogP contribution in [0.15, 0.2) is 102 Å². The van der Waals surface area contributed by atoms with Gasteiger partial charge in [0.05, 0.1) is 28.0 Å². The maximum Gasteiger partial charge on any atom is 0.335 e. The molecule has 0 amide bonds. The number of carbonyl (C=O) groups is 1. The Kier molecular flexibility index (Phi) is 5.81. The lowest BCUT2D eigenvalue weighted by Gasteiger charge is -2.20. The summed E-state index contributed by atoms with van der Waals surface area (Å²) >= 11 is 0. The molecule has 0 bridgehead atoms. The second-order valence-corrected chi connectivity index (χ2v) is 9.19. The Balaban J connectivity index is 1.63. The second-order valence-electron chi connectivity index (χ2n) is 9.19. The summed E-state index contributed by atoms with van der Waals surface area (Å²) in [7, 11) is 0. The summed E-state index contributed by atoms with van der Waals surface area (Å²) in [4.78, 5) is 21.1. The fraction of sp³-hybridized carbons (Fsp3) is 0.0968. The molecule has 0 aliphatic heterocycles. The highest BCUT2D eigenvalue weighted by atomic mass is 16.5. The highest BCUT2D eigenvalue weighted by Gasteiger charge is 2.24. The van der Waals surface area contributed by atoms with E-state index in [1.165, 1.54) is 0 Å². The van der Waals surface area contributed by atoms with Crippen LogP contribution in [0.5, 0.6) is 0 Å². The topological polar surface area (TPSA) is 94.0 Å². The van der Waals surface area contributed by atoms with E-state index in [0.29, 0.717) is 0 Å². The van der Waals surface area contributed by atoms with Crippen LogP contribution in [-0.2, 0) is 0 Å². The number of rotatable bonds is 6. The third-order valence-corrected chi connectivity index (χ3v) is 6.80. The van der Waals surface area contributed by atoms with Crippen molar-refractivity contribution in [3.8, 4) is 22.3 Å². The number of hydrogen-bond acceptors (Lipinski definition) is 5. The van der Waals surface area contributed by atoms with Crippen molar-refractivity contribution in [1.29, 1.82) is 0 Å². The fourth-order valence-electron chi connectivity index (χ4n) is 5.02. The molecule has 0 radical (unpaired) electrons. The number of aryl methyl sites for hydroxylation is 2. The average Bonchev–Trinajstić information content (AvgIpc) is 3.49. The van der Waals surface area contributed by atoms with E-state index in [0.717, 1.165) is 56.0 Å². The van der Waals surface area contributed by atoms with Crippen LogP contribution in [0.25, 0.3) is 33.3 Å². The van der Waals surface area contributed by atoms with Crippen molar-refractivity contribution >= 4 is 17.0 Å². The summed E-state index contributed by atoms with van der Waals surface area (Å²) in [5.74, 6) is -0.226. The Morgan fingerprint density at radius 3 is 2.34 bits per heavy atom. The zero-order chi connectivity index (χ0) is 26.2. The lowest BCUT2D eigenvalue weighted by atomic mass is 10.0. The number of fused-ring (bicyclic) bond motifs is 1. The van der Waals surface area contributed by atoms with Gasteiger partial charge in [0.25, 0.3) is 0 Å². The zero-order valence-electron chi connectivity index (χ0n) is 20.9. The van der Waals surface area contributed by atoms with E-state index in [1.807, 2.05) is 68.6 Å². The van der Waals surface area contributed by atoms with E-state index in [-0.39, 0.29) is 11.6 Å². The first-order chi connectivity index (χ1) is 18.5. The minimum atomic E-state index is -0.958. The van der Waals surface area contributed by atoms with Crippen LogP contribution in [0, 0.1) is 13.8 Å². The van der Waals surface area contributed by atoms with Crippen LogP contribution >= 0.6 is 0 Å². The van der Waals surface area contributed by atoms with Crippen molar-refractivity contribution in [3.63, 3.8) is 0 Å². The van der Waals surface area contributed by atoms with Crippen molar-refractivity contribution in [3.05, 3.63) is 126 Å². The van der Waals surface area contributed by atoms with Gasteiger partial charge in [0.15, 0.2) is 0 Å². The molecule has 7 heteroatoms. The second kappa shape index (κ2) is 9.44. The molecule has 38 heavy (non-hydrogen) atoms. The van der Waals surface area contributed by atoms with E-state index < -0.39 is 5.97 Å². The molecule has 0 spiro atoms. The first kappa shape index (κ1) is 23.4. The molecule has 4 aromatic heterocycles. The monoisotopic (exact) mass is 500 g/mol. The molecule has 0 saturated heterocycles. The molecule has 0 fully saturated rings. The van der Waals surface area contributed by atoms with Crippen molar-refractivity contribution in [1.82, 2.24) is 19.7 Å². The van der Waals surface area contributed by atoms with Crippen molar-refractivity contribution in [2.75, 3.05) is 0 Å². The Bertz CT molecular complexity index is 1700. The van der Waals surface area contributed by atoms with Gasteiger partial charge in [-0.2, -0.15) is 0 Å². The van der Waals surface area contributed by atoms with Gasteiger partial charge in [0, 0.05) is 35.3 Å². The quantitative estimate of drug-likeness (QED) is 0.273. The molecule has 1 atom stereocenters. The molecule has 4 heterocycles. The number of pyridine rings is 2. The number of carboxylic acids is 1. The van der Waals surface area contributed by atoms with Gasteiger partial charge in [-0.25, -0.2) is 4.79 Å².